The van der Waals surface area contributed by atoms with E-state index in [4.69, 9.17) is 5.73 Å². The number of hydrogen-bond donors (Lipinski definition) is 3. The third-order valence-electron chi connectivity index (χ3n) is 2.85. The maximum Gasteiger partial charge on any atom is 0.318 e. The van der Waals surface area contributed by atoms with Gasteiger partial charge in [-0.3, -0.25) is 14.8 Å². The topological polar surface area (TPSA) is 102 Å². The fraction of sp³-hybridized carbons (Fsp3) is 0.214. The maximum absolute atomic E-state index is 11.6. The van der Waals surface area contributed by atoms with Gasteiger partial charge in [0.1, 0.15) is 6.04 Å². The van der Waals surface area contributed by atoms with Crippen LogP contribution in [-0.4, -0.2) is 27.8 Å². The van der Waals surface area contributed by atoms with E-state index in [0.717, 1.165) is 11.3 Å². The molecule has 0 saturated heterocycles. The maximum atomic E-state index is 11.6. The molecule has 0 radical (unpaired) electrons. The fourth-order valence-electron chi connectivity index (χ4n) is 1.89. The van der Waals surface area contributed by atoms with Crippen molar-refractivity contribution in [3.63, 3.8) is 0 Å². The Bertz CT molecular complexity index is 624. The lowest BCUT2D eigenvalue weighted by atomic mass is 10.2. The first-order valence-electron chi connectivity index (χ1n) is 6.48. The van der Waals surface area contributed by atoms with Gasteiger partial charge in [0.15, 0.2) is 0 Å². The number of urea groups is 1. The van der Waals surface area contributed by atoms with Crippen LogP contribution in [0.1, 0.15) is 12.5 Å². The molecule has 0 aliphatic heterocycles. The molecule has 110 valence electrons. The zero-order chi connectivity index (χ0) is 15.2. The van der Waals surface area contributed by atoms with Gasteiger partial charge in [-0.05, 0) is 30.7 Å². The van der Waals surface area contributed by atoms with Crippen LogP contribution in [0.5, 0.6) is 0 Å². The summed E-state index contributed by atoms with van der Waals surface area (Å²) in [6, 6.07) is 8.06. The van der Waals surface area contributed by atoms with E-state index in [1.165, 1.54) is 0 Å². The minimum atomic E-state index is -0.860. The first-order valence-corrected chi connectivity index (χ1v) is 6.48. The van der Waals surface area contributed by atoms with Gasteiger partial charge in [0.25, 0.3) is 0 Å². The molecular formula is C14H17N5O2. The molecule has 7 heteroatoms. The van der Waals surface area contributed by atoms with Crippen LogP contribution in [0.2, 0.25) is 0 Å². The molecule has 7 nitrogen and oxygen atoms in total. The minimum absolute atomic E-state index is 0.472. The summed E-state index contributed by atoms with van der Waals surface area (Å²) >= 11 is 0. The molecular weight excluding hydrogens is 270 g/mol. The van der Waals surface area contributed by atoms with Gasteiger partial charge in [0.05, 0.1) is 6.54 Å². The Hall–Kier alpha value is -2.83. The highest BCUT2D eigenvalue weighted by atomic mass is 16.2. The van der Waals surface area contributed by atoms with E-state index in [1.807, 2.05) is 46.5 Å². The molecule has 2 aromatic rings. The van der Waals surface area contributed by atoms with Gasteiger partial charge in [-0.1, -0.05) is 12.1 Å². The molecule has 0 unspecified atom stereocenters. The number of nitrogens with one attached hydrogen (secondary N) is 2. The van der Waals surface area contributed by atoms with Gasteiger partial charge >= 0.3 is 6.03 Å². The number of primary amides is 1. The summed E-state index contributed by atoms with van der Waals surface area (Å²) in [5, 5.41) is 9.20. The zero-order valence-corrected chi connectivity index (χ0v) is 11.6. The number of benzene rings is 1. The standard InChI is InChI=1S/C14H17N5O2/c1-10(13(20)18-14(15)21)17-12-5-2-4-11(8-12)9-19-7-3-6-16-19/h2-8,10,17H,9H2,1H3,(H3,15,18,20,21)/t10-/m0/s1. The number of carbonyl (C=O) groups excluding carboxylic acids is 2. The lowest BCUT2D eigenvalue weighted by molar-refractivity contribution is -0.120. The molecule has 4 N–H and O–H groups in total. The molecule has 1 heterocycles. The number of aromatic nitrogens is 2. The van der Waals surface area contributed by atoms with Crippen LogP contribution in [0.3, 0.4) is 0 Å². The number of hydrogen-bond acceptors (Lipinski definition) is 4. The SMILES string of the molecule is C[C@H](Nc1cccc(Cn2cccn2)c1)C(=O)NC(N)=O. The van der Waals surface area contributed by atoms with Crippen LogP contribution in [0.15, 0.2) is 42.7 Å². The van der Waals surface area contributed by atoms with Gasteiger partial charge in [0.2, 0.25) is 5.91 Å². The number of carbonyl (C=O) groups is 2. The van der Waals surface area contributed by atoms with Crippen molar-refractivity contribution in [3.05, 3.63) is 48.3 Å². The molecule has 1 atom stereocenters. The molecule has 0 aliphatic carbocycles. The predicted molar refractivity (Wildman–Crippen MR) is 78.6 cm³/mol. The summed E-state index contributed by atoms with van der Waals surface area (Å²) in [5.74, 6) is -0.472. The number of nitrogens with zero attached hydrogens (tertiary/aromatic N) is 2. The van der Waals surface area contributed by atoms with E-state index < -0.39 is 18.0 Å². The third kappa shape index (κ3) is 4.34. The van der Waals surface area contributed by atoms with Crippen LogP contribution >= 0.6 is 0 Å². The Labute approximate surface area is 122 Å². The second kappa shape index (κ2) is 6.56. The van der Waals surface area contributed by atoms with E-state index in [9.17, 15) is 9.59 Å². The van der Waals surface area contributed by atoms with Crippen LogP contribution < -0.4 is 16.4 Å². The molecule has 3 amide bonds. The van der Waals surface area contributed by atoms with E-state index in [-0.39, 0.29) is 0 Å². The largest absolute Gasteiger partial charge is 0.374 e. The number of amides is 3. The summed E-state index contributed by atoms with van der Waals surface area (Å²) in [5.41, 5.74) is 6.75. The molecule has 0 bridgehead atoms. The molecule has 1 aromatic carbocycles. The van der Waals surface area contributed by atoms with Crippen molar-refractivity contribution < 1.29 is 9.59 Å². The summed E-state index contributed by atoms with van der Waals surface area (Å²) in [6.07, 6.45) is 3.60. The second-order valence-electron chi connectivity index (χ2n) is 4.62. The Kier molecular flexibility index (Phi) is 4.55. The third-order valence-corrected chi connectivity index (χ3v) is 2.85. The predicted octanol–water partition coefficient (Wildman–Crippen LogP) is 0.927. The normalized spacial score (nSPS) is 11.7. The average Bonchev–Trinajstić information content (AvgIpc) is 2.91. The molecule has 0 spiro atoms. The quantitative estimate of drug-likeness (QED) is 0.761. The molecule has 0 aliphatic rings. The number of rotatable bonds is 5. The van der Waals surface area contributed by atoms with Crippen molar-refractivity contribution >= 4 is 17.6 Å². The molecule has 0 saturated carbocycles. The highest BCUT2D eigenvalue weighted by molar-refractivity contribution is 5.97. The van der Waals surface area contributed by atoms with E-state index in [1.54, 1.807) is 13.1 Å². The average molecular weight is 287 g/mol. The first kappa shape index (κ1) is 14.6. The Morgan fingerprint density at radius 2 is 2.19 bits per heavy atom. The van der Waals surface area contributed by atoms with Gasteiger partial charge < -0.3 is 11.1 Å². The Morgan fingerprint density at radius 1 is 1.38 bits per heavy atom. The second-order valence-corrected chi connectivity index (χ2v) is 4.62. The lowest BCUT2D eigenvalue weighted by Crippen LogP contribution is -2.43. The van der Waals surface area contributed by atoms with Crippen LogP contribution in [0.4, 0.5) is 10.5 Å². The minimum Gasteiger partial charge on any atom is -0.374 e. The summed E-state index contributed by atoms with van der Waals surface area (Å²) in [4.78, 5) is 22.3. The van der Waals surface area contributed by atoms with Crippen LogP contribution in [0, 0.1) is 0 Å². The number of anilines is 1. The highest BCUT2D eigenvalue weighted by Gasteiger charge is 2.14. The van der Waals surface area contributed by atoms with Gasteiger partial charge in [-0.2, -0.15) is 5.10 Å². The number of nitrogens with two attached hydrogens (primary N) is 1. The van der Waals surface area contributed by atoms with Gasteiger partial charge in [-0.25, -0.2) is 4.79 Å². The van der Waals surface area contributed by atoms with Gasteiger partial charge in [-0.15, -0.1) is 0 Å². The summed E-state index contributed by atoms with van der Waals surface area (Å²) in [7, 11) is 0. The van der Waals surface area contributed by atoms with Crippen molar-refractivity contribution in [2.45, 2.75) is 19.5 Å². The molecule has 21 heavy (non-hydrogen) atoms. The van der Waals surface area contributed by atoms with Crippen LogP contribution in [-0.2, 0) is 11.3 Å². The van der Waals surface area contributed by atoms with Crippen molar-refractivity contribution in [3.8, 4) is 0 Å². The number of imide groups is 1. The van der Waals surface area contributed by atoms with Crippen LogP contribution in [0.25, 0.3) is 0 Å². The molecule has 1 aromatic heterocycles. The van der Waals surface area contributed by atoms with Crippen molar-refractivity contribution in [1.29, 1.82) is 0 Å². The summed E-state index contributed by atoms with van der Waals surface area (Å²) in [6.45, 7) is 2.29. The smallest absolute Gasteiger partial charge is 0.318 e. The monoisotopic (exact) mass is 287 g/mol. The highest BCUT2D eigenvalue weighted by Crippen LogP contribution is 2.13. The van der Waals surface area contributed by atoms with Crippen molar-refractivity contribution in [1.82, 2.24) is 15.1 Å². The lowest BCUT2D eigenvalue weighted by Gasteiger charge is -2.14. The van der Waals surface area contributed by atoms with Crippen molar-refractivity contribution in [2.24, 2.45) is 5.73 Å². The van der Waals surface area contributed by atoms with Gasteiger partial charge in [0, 0.05) is 18.1 Å². The van der Waals surface area contributed by atoms with E-state index in [2.05, 4.69) is 10.4 Å². The molecule has 0 fully saturated rings. The zero-order valence-electron chi connectivity index (χ0n) is 11.6. The molecule has 2 rings (SSSR count). The Balaban J connectivity index is 2.00. The van der Waals surface area contributed by atoms with E-state index in [0.29, 0.717) is 6.54 Å². The van der Waals surface area contributed by atoms with Crippen molar-refractivity contribution in [2.75, 3.05) is 5.32 Å². The Morgan fingerprint density at radius 3 is 2.86 bits per heavy atom. The fourth-order valence-corrected chi connectivity index (χ4v) is 1.89. The van der Waals surface area contributed by atoms with E-state index >= 15 is 0 Å². The summed E-state index contributed by atoms with van der Waals surface area (Å²) < 4.78 is 1.81. The first-order chi connectivity index (χ1) is 10.0.